The van der Waals surface area contributed by atoms with Gasteiger partial charge in [0.2, 0.25) is 0 Å². The molecule has 0 aliphatic carbocycles. The van der Waals surface area contributed by atoms with Crippen molar-refractivity contribution in [2.45, 2.75) is 6.92 Å². The molecule has 6 heteroatoms. The summed E-state index contributed by atoms with van der Waals surface area (Å²) in [6.07, 6.45) is 1.94. The van der Waals surface area contributed by atoms with Crippen molar-refractivity contribution in [3.05, 3.63) is 125 Å². The van der Waals surface area contributed by atoms with Crippen molar-refractivity contribution in [3.63, 3.8) is 0 Å². The first-order valence-corrected chi connectivity index (χ1v) is 12.0. The maximum absolute atomic E-state index is 13.8. The zero-order valence-corrected chi connectivity index (χ0v) is 20.2. The lowest BCUT2D eigenvalue weighted by Gasteiger charge is -2.09. The van der Waals surface area contributed by atoms with Crippen LogP contribution in [0.1, 0.15) is 15.9 Å². The Morgan fingerprint density at radius 2 is 1.50 bits per heavy atom. The molecule has 0 aliphatic heterocycles. The van der Waals surface area contributed by atoms with Gasteiger partial charge >= 0.3 is 0 Å². The highest BCUT2D eigenvalue weighted by Crippen LogP contribution is 2.34. The summed E-state index contributed by atoms with van der Waals surface area (Å²) >= 11 is 6.08. The predicted molar refractivity (Wildman–Crippen MR) is 144 cm³/mol. The molecule has 6 aromatic rings. The number of nitrogens with zero attached hydrogens (tertiary/aromatic N) is 4. The second-order valence-electron chi connectivity index (χ2n) is 8.61. The van der Waals surface area contributed by atoms with E-state index in [1.54, 1.807) is 28.8 Å². The molecule has 0 saturated carbocycles. The van der Waals surface area contributed by atoms with Crippen LogP contribution in [0.3, 0.4) is 0 Å². The van der Waals surface area contributed by atoms with E-state index < -0.39 is 0 Å². The van der Waals surface area contributed by atoms with Crippen LogP contribution in [0, 0.1) is 6.92 Å². The number of imidazole rings is 1. The largest absolute Gasteiger partial charge is 0.268 e. The molecule has 0 spiro atoms. The Kier molecular flexibility index (Phi) is 5.47. The van der Waals surface area contributed by atoms with Crippen molar-refractivity contribution in [1.29, 1.82) is 0 Å². The van der Waals surface area contributed by atoms with Crippen LogP contribution >= 0.6 is 11.6 Å². The van der Waals surface area contributed by atoms with E-state index in [4.69, 9.17) is 21.7 Å². The predicted octanol–water partition coefficient (Wildman–Crippen LogP) is 7.21. The Morgan fingerprint density at radius 1 is 0.806 bits per heavy atom. The summed E-state index contributed by atoms with van der Waals surface area (Å²) < 4.78 is 3.50. The molecule has 0 saturated heterocycles. The van der Waals surface area contributed by atoms with Crippen LogP contribution in [0.4, 0.5) is 0 Å². The summed E-state index contributed by atoms with van der Waals surface area (Å²) in [4.78, 5) is 18.8. The van der Waals surface area contributed by atoms with Gasteiger partial charge in [0.05, 0.1) is 22.3 Å². The average Bonchev–Trinajstić information content (AvgIpc) is 3.52. The molecule has 36 heavy (non-hydrogen) atoms. The first-order valence-electron chi connectivity index (χ1n) is 11.6. The molecule has 4 aromatic carbocycles. The highest BCUT2D eigenvalue weighted by atomic mass is 35.5. The standard InChI is InChI=1S/C30H21ClN4O/c1-20-11-13-21(14-12-20)28-25(19-34(33-28)24-7-3-2-4-8-24)29-32-26-9-5-6-10-27(26)35(29)30(36)22-15-17-23(31)18-16-22/h2-19H,1H3. The number of halogens is 1. The van der Waals surface area contributed by atoms with Gasteiger partial charge in [-0.3, -0.25) is 9.36 Å². The molecule has 0 N–H and O–H groups in total. The number of rotatable bonds is 4. The molecule has 5 nitrogen and oxygen atoms in total. The molecule has 174 valence electrons. The summed E-state index contributed by atoms with van der Waals surface area (Å²) in [5, 5.41) is 5.52. The molecule has 6 rings (SSSR count). The third kappa shape index (κ3) is 3.89. The normalized spacial score (nSPS) is 11.2. The lowest BCUT2D eigenvalue weighted by atomic mass is 10.1. The van der Waals surface area contributed by atoms with Gasteiger partial charge in [0.1, 0.15) is 5.69 Å². The number of hydrogen-bond acceptors (Lipinski definition) is 3. The second kappa shape index (κ2) is 8.95. The Bertz CT molecular complexity index is 1700. The Morgan fingerprint density at radius 3 is 2.25 bits per heavy atom. The number of carbonyl (C=O) groups excluding carboxylic acids is 1. The van der Waals surface area contributed by atoms with Gasteiger partial charge in [-0.05, 0) is 55.5 Å². The van der Waals surface area contributed by atoms with Crippen molar-refractivity contribution in [1.82, 2.24) is 19.3 Å². The summed E-state index contributed by atoms with van der Waals surface area (Å²) in [5.74, 6) is 0.353. The Labute approximate surface area is 213 Å². The molecular weight excluding hydrogens is 468 g/mol. The fourth-order valence-corrected chi connectivity index (χ4v) is 4.43. The smallest absolute Gasteiger partial charge is 0.264 e. The van der Waals surface area contributed by atoms with Gasteiger partial charge in [-0.25, -0.2) is 9.67 Å². The zero-order valence-electron chi connectivity index (χ0n) is 19.5. The molecule has 0 aliphatic rings. The third-order valence-electron chi connectivity index (χ3n) is 6.16. The van der Waals surface area contributed by atoms with Crippen molar-refractivity contribution >= 4 is 28.5 Å². The van der Waals surface area contributed by atoms with Gasteiger partial charge in [0, 0.05) is 22.3 Å². The van der Waals surface area contributed by atoms with E-state index in [-0.39, 0.29) is 5.91 Å². The number of para-hydroxylation sites is 3. The lowest BCUT2D eigenvalue weighted by molar-refractivity contribution is 0.0966. The van der Waals surface area contributed by atoms with E-state index in [0.29, 0.717) is 16.4 Å². The second-order valence-corrected chi connectivity index (χ2v) is 9.05. The fraction of sp³-hybridized carbons (Fsp3) is 0.0333. The number of fused-ring (bicyclic) bond motifs is 1. The van der Waals surface area contributed by atoms with Crippen molar-refractivity contribution in [2.24, 2.45) is 0 Å². The molecule has 0 bridgehead atoms. The zero-order chi connectivity index (χ0) is 24.6. The highest BCUT2D eigenvalue weighted by molar-refractivity contribution is 6.30. The molecule has 0 amide bonds. The molecule has 0 radical (unpaired) electrons. The van der Waals surface area contributed by atoms with E-state index >= 15 is 0 Å². The average molecular weight is 489 g/mol. The van der Waals surface area contributed by atoms with Crippen LogP contribution in [-0.4, -0.2) is 25.2 Å². The first kappa shape index (κ1) is 22.0. The van der Waals surface area contributed by atoms with Crippen LogP contribution in [0.5, 0.6) is 0 Å². The SMILES string of the molecule is Cc1ccc(-c2nn(-c3ccccc3)cc2-c2nc3ccccc3n2C(=O)c2ccc(Cl)cc2)cc1. The van der Waals surface area contributed by atoms with Crippen LogP contribution < -0.4 is 0 Å². The third-order valence-corrected chi connectivity index (χ3v) is 6.41. The van der Waals surface area contributed by atoms with Crippen molar-refractivity contribution in [2.75, 3.05) is 0 Å². The minimum absolute atomic E-state index is 0.183. The van der Waals surface area contributed by atoms with Crippen molar-refractivity contribution < 1.29 is 4.79 Å². The Hall–Kier alpha value is -4.48. The van der Waals surface area contributed by atoms with Gasteiger partial charge in [0.25, 0.3) is 5.91 Å². The molecule has 0 fully saturated rings. The lowest BCUT2D eigenvalue weighted by Crippen LogP contribution is -2.13. The van der Waals surface area contributed by atoms with Crippen LogP contribution in [0.2, 0.25) is 5.02 Å². The summed E-state index contributed by atoms with van der Waals surface area (Å²) in [6, 6.07) is 32.7. The molecular formula is C30H21ClN4O. The highest BCUT2D eigenvalue weighted by Gasteiger charge is 2.24. The maximum atomic E-state index is 13.8. The summed E-state index contributed by atoms with van der Waals surface area (Å²) in [6.45, 7) is 2.05. The topological polar surface area (TPSA) is 52.7 Å². The number of aryl methyl sites for hydroxylation is 1. The monoisotopic (exact) mass is 488 g/mol. The van der Waals surface area contributed by atoms with E-state index in [2.05, 4.69) is 19.1 Å². The number of carbonyl (C=O) groups is 1. The van der Waals surface area contributed by atoms with E-state index in [1.807, 2.05) is 77.6 Å². The van der Waals surface area contributed by atoms with Gasteiger partial charge < -0.3 is 0 Å². The molecule has 0 unspecified atom stereocenters. The Balaban J connectivity index is 1.62. The number of aromatic nitrogens is 4. The summed E-state index contributed by atoms with van der Waals surface area (Å²) in [7, 11) is 0. The van der Waals surface area contributed by atoms with Gasteiger partial charge in [-0.1, -0.05) is 71.8 Å². The van der Waals surface area contributed by atoms with Gasteiger partial charge in [-0.2, -0.15) is 5.10 Å². The van der Waals surface area contributed by atoms with E-state index in [9.17, 15) is 4.79 Å². The number of hydrogen-bond donors (Lipinski definition) is 0. The van der Waals surface area contributed by atoms with Crippen LogP contribution in [-0.2, 0) is 0 Å². The molecule has 0 atom stereocenters. The van der Waals surface area contributed by atoms with Crippen LogP contribution in [0.15, 0.2) is 109 Å². The number of benzene rings is 4. The van der Waals surface area contributed by atoms with Crippen molar-refractivity contribution in [3.8, 4) is 28.3 Å². The first-order chi connectivity index (χ1) is 17.6. The fourth-order valence-electron chi connectivity index (χ4n) is 4.31. The minimum Gasteiger partial charge on any atom is -0.268 e. The quantitative estimate of drug-likeness (QED) is 0.263. The van der Waals surface area contributed by atoms with Crippen LogP contribution in [0.25, 0.3) is 39.4 Å². The van der Waals surface area contributed by atoms with Gasteiger partial charge in [0.15, 0.2) is 5.82 Å². The minimum atomic E-state index is -0.183. The maximum Gasteiger partial charge on any atom is 0.264 e. The summed E-state index contributed by atoms with van der Waals surface area (Å²) in [5.41, 5.74) is 6.53. The van der Waals surface area contributed by atoms with E-state index in [0.717, 1.165) is 39.1 Å². The molecule has 2 heterocycles. The van der Waals surface area contributed by atoms with E-state index in [1.165, 1.54) is 0 Å². The van der Waals surface area contributed by atoms with Gasteiger partial charge in [-0.15, -0.1) is 0 Å². The molecule has 2 aromatic heterocycles.